The first kappa shape index (κ1) is 15.5. The summed E-state index contributed by atoms with van der Waals surface area (Å²) in [5, 5.41) is 0.889. The average molecular weight is 285 g/mol. The van der Waals surface area contributed by atoms with E-state index in [1.54, 1.807) is 18.2 Å². The van der Waals surface area contributed by atoms with Gasteiger partial charge in [-0.3, -0.25) is 4.79 Å². The van der Waals surface area contributed by atoms with Gasteiger partial charge in [-0.25, -0.2) is 0 Å². The summed E-state index contributed by atoms with van der Waals surface area (Å²) in [6.45, 7) is 0. The third-order valence-electron chi connectivity index (χ3n) is 1.99. The van der Waals surface area contributed by atoms with Crippen LogP contribution in [0, 0.1) is 0 Å². The highest BCUT2D eigenvalue weighted by molar-refractivity contribution is 6.42. The van der Waals surface area contributed by atoms with Crippen LogP contribution in [-0.4, -0.2) is 13.1 Å². The number of esters is 1. The molecule has 0 heterocycles. The minimum Gasteiger partial charge on any atom is -0.469 e. The maximum atomic E-state index is 11.0. The number of methoxy groups -OCH3 is 1. The van der Waals surface area contributed by atoms with Gasteiger partial charge in [-0.2, -0.15) is 0 Å². The highest BCUT2D eigenvalue weighted by Crippen LogP contribution is 2.25. The Bertz CT molecular complexity index is 371. The van der Waals surface area contributed by atoms with Crippen LogP contribution in [0.2, 0.25) is 10.0 Å². The van der Waals surface area contributed by atoms with Crippen molar-refractivity contribution < 1.29 is 9.53 Å². The summed E-state index contributed by atoms with van der Waals surface area (Å²) in [5.74, 6) is -0.353. The zero-order valence-corrected chi connectivity index (χ0v) is 10.9. The van der Waals surface area contributed by atoms with Gasteiger partial charge in [0.2, 0.25) is 0 Å². The normalized spacial score (nSPS) is 11.5. The summed E-state index contributed by atoms with van der Waals surface area (Å²) in [4.78, 5) is 11.0. The fourth-order valence-corrected chi connectivity index (χ4v) is 1.43. The minimum atomic E-state index is -0.424. The van der Waals surface area contributed by atoms with Crippen molar-refractivity contribution in [3.8, 4) is 0 Å². The monoisotopic (exact) mass is 283 g/mol. The fraction of sp³-hybridized carbons (Fsp3) is 0.300. The number of hydrogen-bond donors (Lipinski definition) is 1. The van der Waals surface area contributed by atoms with Gasteiger partial charge >= 0.3 is 5.97 Å². The molecule has 0 amide bonds. The molecule has 0 aliphatic heterocycles. The Balaban J connectivity index is 0.00000225. The molecule has 90 valence electrons. The molecule has 16 heavy (non-hydrogen) atoms. The smallest absolute Gasteiger partial charge is 0.307 e. The lowest BCUT2D eigenvalue weighted by molar-refractivity contribution is -0.141. The van der Waals surface area contributed by atoms with Crippen molar-refractivity contribution >= 4 is 41.6 Å². The average Bonchev–Trinajstić information content (AvgIpc) is 2.21. The topological polar surface area (TPSA) is 52.3 Å². The van der Waals surface area contributed by atoms with E-state index in [0.717, 1.165) is 5.56 Å². The molecule has 3 nitrogen and oxygen atoms in total. The minimum absolute atomic E-state index is 0. The molecular formula is C10H12Cl3NO2. The van der Waals surface area contributed by atoms with Crippen LogP contribution in [0.3, 0.4) is 0 Å². The Morgan fingerprint density at radius 3 is 2.56 bits per heavy atom. The number of ether oxygens (including phenoxy) is 1. The van der Waals surface area contributed by atoms with E-state index >= 15 is 0 Å². The molecule has 1 rings (SSSR count). The first-order valence-corrected chi connectivity index (χ1v) is 5.07. The molecule has 0 radical (unpaired) electrons. The van der Waals surface area contributed by atoms with E-state index < -0.39 is 6.04 Å². The van der Waals surface area contributed by atoms with Crippen molar-refractivity contribution in [2.75, 3.05) is 7.11 Å². The molecule has 1 aromatic carbocycles. The molecule has 0 aliphatic carbocycles. The zero-order valence-electron chi connectivity index (χ0n) is 8.57. The largest absolute Gasteiger partial charge is 0.469 e. The number of halogens is 3. The van der Waals surface area contributed by atoms with E-state index in [-0.39, 0.29) is 24.8 Å². The van der Waals surface area contributed by atoms with E-state index in [1.165, 1.54) is 7.11 Å². The van der Waals surface area contributed by atoms with Crippen molar-refractivity contribution in [2.45, 2.75) is 12.5 Å². The van der Waals surface area contributed by atoms with Crippen LogP contribution in [0.25, 0.3) is 0 Å². The number of carbonyl (C=O) groups excluding carboxylic acids is 1. The second kappa shape index (κ2) is 6.97. The third-order valence-corrected chi connectivity index (χ3v) is 2.73. The maximum Gasteiger partial charge on any atom is 0.307 e. The number of hydrogen-bond acceptors (Lipinski definition) is 3. The Morgan fingerprint density at radius 2 is 2.06 bits per heavy atom. The standard InChI is InChI=1S/C10H11Cl2NO2.ClH/c1-15-10(14)5-9(13)6-2-3-7(11)8(12)4-6;/h2-4,9H,5,13H2,1H3;1H/t9-;/m1./s1. The number of benzene rings is 1. The molecule has 0 aliphatic rings. The van der Waals surface area contributed by atoms with Gasteiger partial charge in [0, 0.05) is 6.04 Å². The van der Waals surface area contributed by atoms with Crippen LogP contribution in [-0.2, 0) is 9.53 Å². The van der Waals surface area contributed by atoms with Gasteiger partial charge < -0.3 is 10.5 Å². The summed E-state index contributed by atoms with van der Waals surface area (Å²) in [6, 6.07) is 4.61. The van der Waals surface area contributed by atoms with Crippen LogP contribution in [0.5, 0.6) is 0 Å². The summed E-state index contributed by atoms with van der Waals surface area (Å²) in [5.41, 5.74) is 6.55. The predicted octanol–water partition coefficient (Wildman–Crippen LogP) is 2.98. The van der Waals surface area contributed by atoms with E-state index in [0.29, 0.717) is 10.0 Å². The third kappa shape index (κ3) is 4.18. The Labute approximate surface area is 110 Å². The predicted molar refractivity (Wildman–Crippen MR) is 67.3 cm³/mol. The summed E-state index contributed by atoms with van der Waals surface area (Å²) >= 11 is 11.6. The van der Waals surface area contributed by atoms with Gasteiger partial charge in [0.25, 0.3) is 0 Å². The fourth-order valence-electron chi connectivity index (χ4n) is 1.12. The van der Waals surface area contributed by atoms with Crippen LogP contribution >= 0.6 is 35.6 Å². The maximum absolute atomic E-state index is 11.0. The van der Waals surface area contributed by atoms with Gasteiger partial charge in [-0.05, 0) is 17.7 Å². The van der Waals surface area contributed by atoms with Crippen LogP contribution < -0.4 is 5.73 Å². The number of nitrogens with two attached hydrogens (primary N) is 1. The van der Waals surface area contributed by atoms with Crippen molar-refractivity contribution in [2.24, 2.45) is 5.73 Å². The van der Waals surface area contributed by atoms with Gasteiger partial charge in [-0.15, -0.1) is 12.4 Å². The van der Waals surface area contributed by atoms with E-state index in [2.05, 4.69) is 4.74 Å². The van der Waals surface area contributed by atoms with Crippen LogP contribution in [0.4, 0.5) is 0 Å². The summed E-state index contributed by atoms with van der Waals surface area (Å²) in [7, 11) is 1.32. The lowest BCUT2D eigenvalue weighted by atomic mass is 10.1. The zero-order chi connectivity index (χ0) is 11.4. The molecule has 6 heteroatoms. The Kier molecular flexibility index (Phi) is 6.76. The quantitative estimate of drug-likeness (QED) is 0.868. The molecule has 1 aromatic rings. The van der Waals surface area contributed by atoms with Gasteiger partial charge in [0.1, 0.15) is 0 Å². The number of carbonyl (C=O) groups is 1. The lowest BCUT2D eigenvalue weighted by Gasteiger charge is -2.11. The second-order valence-electron chi connectivity index (χ2n) is 3.06. The summed E-state index contributed by atoms with van der Waals surface area (Å²) in [6.07, 6.45) is 0.120. The van der Waals surface area contributed by atoms with E-state index in [9.17, 15) is 4.79 Å². The highest BCUT2D eigenvalue weighted by Gasteiger charge is 2.12. The molecule has 0 aromatic heterocycles. The molecule has 2 N–H and O–H groups in total. The molecule has 0 spiro atoms. The van der Waals surface area contributed by atoms with Crippen molar-refractivity contribution in [1.29, 1.82) is 0 Å². The van der Waals surface area contributed by atoms with Gasteiger partial charge in [-0.1, -0.05) is 29.3 Å². The summed E-state index contributed by atoms with van der Waals surface area (Å²) < 4.78 is 4.52. The SMILES string of the molecule is COC(=O)C[C@@H](N)c1ccc(Cl)c(Cl)c1.Cl. The lowest BCUT2D eigenvalue weighted by Crippen LogP contribution is -2.16. The van der Waals surface area contributed by atoms with Crippen molar-refractivity contribution in [3.63, 3.8) is 0 Å². The Hall–Kier alpha value is -0.480. The second-order valence-corrected chi connectivity index (χ2v) is 3.87. The molecule has 0 bridgehead atoms. The van der Waals surface area contributed by atoms with Crippen molar-refractivity contribution in [1.82, 2.24) is 0 Å². The van der Waals surface area contributed by atoms with Crippen LogP contribution in [0.15, 0.2) is 18.2 Å². The first-order chi connectivity index (χ1) is 7.04. The van der Waals surface area contributed by atoms with Gasteiger partial charge in [0.15, 0.2) is 0 Å². The first-order valence-electron chi connectivity index (χ1n) is 4.32. The van der Waals surface area contributed by atoms with Crippen molar-refractivity contribution in [3.05, 3.63) is 33.8 Å². The molecule has 0 saturated carbocycles. The molecule has 0 unspecified atom stereocenters. The molecule has 0 saturated heterocycles. The van der Waals surface area contributed by atoms with E-state index in [1.807, 2.05) is 0 Å². The molecule has 0 fully saturated rings. The highest BCUT2D eigenvalue weighted by atomic mass is 35.5. The van der Waals surface area contributed by atoms with Crippen LogP contribution in [0.1, 0.15) is 18.0 Å². The Morgan fingerprint density at radius 1 is 1.44 bits per heavy atom. The van der Waals surface area contributed by atoms with Gasteiger partial charge in [0.05, 0.1) is 23.6 Å². The molecular weight excluding hydrogens is 272 g/mol. The van der Waals surface area contributed by atoms with E-state index in [4.69, 9.17) is 28.9 Å². The molecule has 1 atom stereocenters. The number of rotatable bonds is 3.